The molecule has 2 N–H and O–H groups in total. The van der Waals surface area contributed by atoms with Crippen molar-refractivity contribution in [3.8, 4) is 5.75 Å². The lowest BCUT2D eigenvalue weighted by Crippen LogP contribution is -2.50. The zero-order valence-corrected chi connectivity index (χ0v) is 19.4. The Balaban J connectivity index is 1.78. The molecule has 1 aliphatic heterocycles. The van der Waals surface area contributed by atoms with Gasteiger partial charge in [-0.3, -0.25) is 9.59 Å². The number of Topliss-reactive ketones (excluding diaryl/α,β-unsaturated/α-hetero) is 1. The Kier molecular flexibility index (Phi) is 9.08. The SMILES string of the molecule is COCCCc1cc(OCCOC)cc(C(NC(=O)C2CN(C(=O)O)CCC2=O)C2CC2)c1. The fourth-order valence-electron chi connectivity index (χ4n) is 4.15. The first-order valence-electron chi connectivity index (χ1n) is 11.5. The predicted molar refractivity (Wildman–Crippen MR) is 120 cm³/mol. The molecule has 2 unspecified atom stereocenters. The fraction of sp³-hybridized carbons (Fsp3) is 0.625. The maximum Gasteiger partial charge on any atom is 0.407 e. The van der Waals surface area contributed by atoms with Gasteiger partial charge in [0.15, 0.2) is 0 Å². The van der Waals surface area contributed by atoms with E-state index in [0.29, 0.717) is 25.6 Å². The second-order valence-electron chi connectivity index (χ2n) is 8.67. The number of amides is 2. The van der Waals surface area contributed by atoms with Gasteiger partial charge in [-0.1, -0.05) is 6.07 Å². The minimum absolute atomic E-state index is 0.0605. The third kappa shape index (κ3) is 7.17. The summed E-state index contributed by atoms with van der Waals surface area (Å²) in [5.41, 5.74) is 2.02. The van der Waals surface area contributed by atoms with Gasteiger partial charge < -0.3 is 29.5 Å². The Morgan fingerprint density at radius 2 is 1.91 bits per heavy atom. The van der Waals surface area contributed by atoms with Crippen LogP contribution in [-0.2, 0) is 25.5 Å². The maximum absolute atomic E-state index is 13.1. The van der Waals surface area contributed by atoms with E-state index in [9.17, 15) is 19.5 Å². The summed E-state index contributed by atoms with van der Waals surface area (Å²) in [6, 6.07) is 5.76. The Morgan fingerprint density at radius 1 is 1.15 bits per heavy atom. The number of benzene rings is 1. The number of nitrogens with zero attached hydrogens (tertiary/aromatic N) is 1. The van der Waals surface area contributed by atoms with Gasteiger partial charge in [0.1, 0.15) is 24.1 Å². The number of ether oxygens (including phenoxy) is 3. The van der Waals surface area contributed by atoms with Crippen molar-refractivity contribution in [3.05, 3.63) is 29.3 Å². The number of hydrogen-bond acceptors (Lipinski definition) is 6. The summed E-state index contributed by atoms with van der Waals surface area (Å²) in [5, 5.41) is 12.3. The summed E-state index contributed by atoms with van der Waals surface area (Å²) in [6.45, 7) is 1.57. The summed E-state index contributed by atoms with van der Waals surface area (Å²) in [7, 11) is 3.29. The van der Waals surface area contributed by atoms with Crippen LogP contribution in [0.1, 0.15) is 42.9 Å². The van der Waals surface area contributed by atoms with E-state index in [1.54, 1.807) is 14.2 Å². The molecule has 9 nitrogen and oxygen atoms in total. The van der Waals surface area contributed by atoms with Gasteiger partial charge in [0.05, 0.1) is 12.6 Å². The van der Waals surface area contributed by atoms with Crippen molar-refractivity contribution >= 4 is 17.8 Å². The van der Waals surface area contributed by atoms with E-state index in [1.807, 2.05) is 12.1 Å². The number of hydrogen-bond donors (Lipinski definition) is 2. The molecular formula is C24H34N2O7. The van der Waals surface area contributed by atoms with E-state index in [0.717, 1.165) is 41.7 Å². The monoisotopic (exact) mass is 462 g/mol. The molecule has 0 aromatic heterocycles. The number of piperidine rings is 1. The molecule has 1 aromatic carbocycles. The number of ketones is 1. The molecule has 0 bridgehead atoms. The molecule has 3 rings (SSSR count). The van der Waals surface area contributed by atoms with Crippen LogP contribution in [0.25, 0.3) is 0 Å². The van der Waals surface area contributed by atoms with Crippen LogP contribution in [0.5, 0.6) is 5.75 Å². The standard InChI is InChI=1S/C24H34N2O7/c1-31-9-3-4-16-12-18(14-19(13-16)33-11-10-32-2)22(17-5-6-17)25-23(28)20-15-26(24(29)30)8-7-21(20)27/h12-14,17,20,22H,3-11,15H2,1-2H3,(H,25,28)(H,29,30). The number of carboxylic acid groups (broad SMARTS) is 1. The van der Waals surface area contributed by atoms with Crippen LogP contribution in [0.3, 0.4) is 0 Å². The summed E-state index contributed by atoms with van der Waals surface area (Å²) >= 11 is 0. The van der Waals surface area contributed by atoms with Crippen LogP contribution in [-0.4, -0.2) is 74.9 Å². The number of methoxy groups -OCH3 is 2. The molecule has 0 spiro atoms. The average Bonchev–Trinajstić information content (AvgIpc) is 3.63. The van der Waals surface area contributed by atoms with E-state index in [4.69, 9.17) is 14.2 Å². The van der Waals surface area contributed by atoms with E-state index >= 15 is 0 Å². The number of nitrogens with one attached hydrogen (secondary N) is 1. The molecule has 33 heavy (non-hydrogen) atoms. The zero-order chi connectivity index (χ0) is 23.8. The third-order valence-electron chi connectivity index (χ3n) is 6.12. The largest absolute Gasteiger partial charge is 0.491 e. The fourth-order valence-corrected chi connectivity index (χ4v) is 4.15. The van der Waals surface area contributed by atoms with Crippen molar-refractivity contribution in [2.45, 2.75) is 38.1 Å². The van der Waals surface area contributed by atoms with E-state index < -0.39 is 17.9 Å². The second-order valence-corrected chi connectivity index (χ2v) is 8.67. The molecule has 182 valence electrons. The van der Waals surface area contributed by atoms with Crippen LogP contribution in [0, 0.1) is 11.8 Å². The second kappa shape index (κ2) is 12.0. The van der Waals surface area contributed by atoms with Crippen LogP contribution in [0.15, 0.2) is 18.2 Å². The highest BCUT2D eigenvalue weighted by Crippen LogP contribution is 2.42. The van der Waals surface area contributed by atoms with Crippen LogP contribution in [0.4, 0.5) is 4.79 Å². The van der Waals surface area contributed by atoms with Crippen LogP contribution in [0.2, 0.25) is 0 Å². The van der Waals surface area contributed by atoms with E-state index in [-0.39, 0.29) is 37.3 Å². The van der Waals surface area contributed by atoms with Gasteiger partial charge in [0.25, 0.3) is 0 Å². The highest BCUT2D eigenvalue weighted by atomic mass is 16.5. The topological polar surface area (TPSA) is 114 Å². The number of likely N-dealkylation sites (tertiary alicyclic amines) is 1. The Bertz CT molecular complexity index is 812. The lowest BCUT2D eigenvalue weighted by molar-refractivity contribution is -0.137. The molecule has 2 amide bonds. The molecular weight excluding hydrogens is 428 g/mol. The first-order chi connectivity index (χ1) is 15.9. The molecule has 1 aliphatic carbocycles. The molecule has 2 atom stereocenters. The molecule has 1 saturated heterocycles. The highest BCUT2D eigenvalue weighted by molar-refractivity contribution is 6.02. The van der Waals surface area contributed by atoms with Crippen molar-refractivity contribution in [1.82, 2.24) is 10.2 Å². The minimum Gasteiger partial charge on any atom is -0.491 e. The lowest BCUT2D eigenvalue weighted by atomic mass is 9.93. The number of carbonyl (C=O) groups is 3. The summed E-state index contributed by atoms with van der Waals surface area (Å²) < 4.78 is 16.1. The van der Waals surface area contributed by atoms with Gasteiger partial charge in [0, 0.05) is 40.3 Å². The Labute approximate surface area is 194 Å². The highest BCUT2D eigenvalue weighted by Gasteiger charge is 2.39. The van der Waals surface area contributed by atoms with Gasteiger partial charge in [-0.25, -0.2) is 4.79 Å². The predicted octanol–water partition coefficient (Wildman–Crippen LogP) is 2.43. The lowest BCUT2D eigenvalue weighted by Gasteiger charge is -2.30. The van der Waals surface area contributed by atoms with Crippen molar-refractivity contribution in [3.63, 3.8) is 0 Å². The first-order valence-corrected chi connectivity index (χ1v) is 11.5. The number of carbonyl (C=O) groups excluding carboxylic acids is 2. The van der Waals surface area contributed by atoms with Gasteiger partial charge >= 0.3 is 6.09 Å². The maximum atomic E-state index is 13.1. The summed E-state index contributed by atoms with van der Waals surface area (Å²) in [4.78, 5) is 37.9. The molecule has 1 heterocycles. The average molecular weight is 463 g/mol. The Hall–Kier alpha value is -2.65. The molecule has 2 fully saturated rings. The Morgan fingerprint density at radius 3 is 2.58 bits per heavy atom. The van der Waals surface area contributed by atoms with Gasteiger partial charge in [0.2, 0.25) is 5.91 Å². The molecule has 9 heteroatoms. The van der Waals surface area contributed by atoms with Crippen LogP contribution < -0.4 is 10.1 Å². The van der Waals surface area contributed by atoms with Gasteiger partial charge in [-0.2, -0.15) is 0 Å². The van der Waals surface area contributed by atoms with Crippen molar-refractivity contribution in [2.75, 3.05) is 47.1 Å². The molecule has 1 aromatic rings. The minimum atomic E-state index is -1.11. The first kappa shape index (κ1) is 25.0. The normalized spacial score (nSPS) is 19.3. The summed E-state index contributed by atoms with van der Waals surface area (Å²) in [6.07, 6.45) is 2.59. The van der Waals surface area contributed by atoms with Crippen molar-refractivity contribution in [2.24, 2.45) is 11.8 Å². The molecule has 1 saturated carbocycles. The number of aryl methyl sites for hydroxylation is 1. The molecule has 0 radical (unpaired) electrons. The third-order valence-corrected chi connectivity index (χ3v) is 6.12. The summed E-state index contributed by atoms with van der Waals surface area (Å²) in [5.74, 6) is -0.601. The van der Waals surface area contributed by atoms with E-state index in [1.165, 1.54) is 0 Å². The van der Waals surface area contributed by atoms with Crippen molar-refractivity contribution < 1.29 is 33.7 Å². The van der Waals surface area contributed by atoms with Crippen LogP contribution >= 0.6 is 0 Å². The molecule has 2 aliphatic rings. The van der Waals surface area contributed by atoms with Gasteiger partial charge in [-0.15, -0.1) is 0 Å². The van der Waals surface area contributed by atoms with E-state index in [2.05, 4.69) is 11.4 Å². The van der Waals surface area contributed by atoms with Crippen molar-refractivity contribution in [1.29, 1.82) is 0 Å². The zero-order valence-electron chi connectivity index (χ0n) is 19.4. The van der Waals surface area contributed by atoms with Gasteiger partial charge in [-0.05, 0) is 54.9 Å². The number of rotatable bonds is 12. The quantitative estimate of drug-likeness (QED) is 0.362. The smallest absolute Gasteiger partial charge is 0.407 e.